The number of hydrogen-bond acceptors (Lipinski definition) is 4. The zero-order valence-electron chi connectivity index (χ0n) is 9.68. The fraction of sp³-hybridized carbons (Fsp3) is 1.00. The number of hydrogen-bond donors (Lipinski definition) is 0. The van der Waals surface area contributed by atoms with E-state index in [2.05, 4.69) is 0 Å². The molecule has 1 atom stereocenters. The summed E-state index contributed by atoms with van der Waals surface area (Å²) < 4.78 is 37.9. The molecule has 0 aliphatic carbocycles. The Hall–Kier alpha value is -0.210. The molecule has 0 unspecified atom stereocenters. The van der Waals surface area contributed by atoms with Crippen molar-refractivity contribution in [2.45, 2.75) is 12.0 Å². The molecule has 0 aromatic rings. The van der Waals surface area contributed by atoms with Crippen molar-refractivity contribution in [3.63, 3.8) is 0 Å². The molecule has 0 aromatic carbocycles. The van der Waals surface area contributed by atoms with E-state index in [1.165, 1.54) is 8.61 Å². The maximum Gasteiger partial charge on any atom is 0.282 e. The van der Waals surface area contributed by atoms with Gasteiger partial charge in [-0.25, -0.2) is 0 Å². The molecular formula is C9H18N2O4S. The number of morpholine rings is 1. The van der Waals surface area contributed by atoms with E-state index >= 15 is 0 Å². The molecule has 0 bridgehead atoms. The van der Waals surface area contributed by atoms with Crippen LogP contribution in [0.2, 0.25) is 0 Å². The Morgan fingerprint density at radius 3 is 2.31 bits per heavy atom. The van der Waals surface area contributed by atoms with Crippen LogP contribution in [0.15, 0.2) is 0 Å². The van der Waals surface area contributed by atoms with Gasteiger partial charge in [-0.3, -0.25) is 0 Å². The Morgan fingerprint density at radius 2 is 1.81 bits per heavy atom. The fourth-order valence-electron chi connectivity index (χ4n) is 2.18. The van der Waals surface area contributed by atoms with Gasteiger partial charge in [0.25, 0.3) is 10.2 Å². The minimum Gasteiger partial charge on any atom is -0.379 e. The van der Waals surface area contributed by atoms with E-state index in [4.69, 9.17) is 9.47 Å². The van der Waals surface area contributed by atoms with Gasteiger partial charge in [-0.1, -0.05) is 0 Å². The zero-order chi connectivity index (χ0) is 11.8. The van der Waals surface area contributed by atoms with E-state index in [1.807, 2.05) is 0 Å². The van der Waals surface area contributed by atoms with Gasteiger partial charge in [0.2, 0.25) is 0 Å². The molecule has 2 aliphatic heterocycles. The quantitative estimate of drug-likeness (QED) is 0.649. The normalized spacial score (nSPS) is 32.7. The third kappa shape index (κ3) is 1.86. The third-order valence-electron chi connectivity index (χ3n) is 3.16. The molecule has 16 heavy (non-hydrogen) atoms. The summed E-state index contributed by atoms with van der Waals surface area (Å²) in [7, 11) is -0.285. The summed E-state index contributed by atoms with van der Waals surface area (Å²) in [6.45, 7) is 2.32. The van der Waals surface area contributed by atoms with Crippen molar-refractivity contribution in [1.82, 2.24) is 8.61 Å². The topological polar surface area (TPSA) is 59.1 Å². The predicted octanol–water partition coefficient (Wildman–Crippen LogP) is -0.716. The van der Waals surface area contributed by atoms with Crippen molar-refractivity contribution in [2.24, 2.45) is 0 Å². The molecule has 2 saturated heterocycles. The maximum atomic E-state index is 12.2. The van der Waals surface area contributed by atoms with Crippen molar-refractivity contribution in [1.29, 1.82) is 0 Å². The van der Waals surface area contributed by atoms with Crippen LogP contribution >= 0.6 is 0 Å². The smallest absolute Gasteiger partial charge is 0.282 e. The van der Waals surface area contributed by atoms with Crippen LogP contribution in [0, 0.1) is 0 Å². The molecule has 0 aromatic heterocycles. The third-order valence-corrected chi connectivity index (χ3v) is 5.21. The van der Waals surface area contributed by atoms with Gasteiger partial charge in [0.05, 0.1) is 25.4 Å². The summed E-state index contributed by atoms with van der Waals surface area (Å²) in [5, 5.41) is 0. The molecule has 94 valence electrons. The lowest BCUT2D eigenvalue weighted by Crippen LogP contribution is -2.61. The summed E-state index contributed by atoms with van der Waals surface area (Å²) in [5.74, 6) is 0. The van der Waals surface area contributed by atoms with Gasteiger partial charge in [0.1, 0.15) is 0 Å². The molecule has 1 spiro atoms. The lowest BCUT2D eigenvalue weighted by Gasteiger charge is -2.43. The van der Waals surface area contributed by atoms with Gasteiger partial charge in [-0.2, -0.15) is 17.0 Å². The molecule has 7 heteroatoms. The molecule has 0 saturated carbocycles. The minimum atomic E-state index is -3.39. The van der Waals surface area contributed by atoms with E-state index in [0.29, 0.717) is 39.4 Å². The van der Waals surface area contributed by atoms with Crippen molar-refractivity contribution < 1.29 is 17.9 Å². The average Bonchev–Trinajstić information content (AvgIpc) is 2.67. The summed E-state index contributed by atoms with van der Waals surface area (Å²) >= 11 is 0. The Labute approximate surface area is 96.3 Å². The maximum absolute atomic E-state index is 12.2. The number of ether oxygens (including phenoxy) is 2. The summed E-state index contributed by atoms with van der Waals surface area (Å²) in [6.07, 6.45) is 0.708. The highest BCUT2D eigenvalue weighted by Crippen LogP contribution is 2.32. The predicted molar refractivity (Wildman–Crippen MR) is 58.3 cm³/mol. The van der Waals surface area contributed by atoms with Crippen LogP contribution in [0.25, 0.3) is 0 Å². The molecular weight excluding hydrogens is 232 g/mol. The van der Waals surface area contributed by atoms with Crippen molar-refractivity contribution >= 4 is 10.2 Å². The molecule has 0 amide bonds. The second-order valence-corrected chi connectivity index (χ2v) is 6.51. The van der Waals surface area contributed by atoms with Crippen molar-refractivity contribution in [2.75, 3.05) is 47.1 Å². The van der Waals surface area contributed by atoms with Crippen LogP contribution in [0.4, 0.5) is 0 Å². The van der Waals surface area contributed by atoms with Gasteiger partial charge in [-0.05, 0) is 6.42 Å². The van der Waals surface area contributed by atoms with E-state index in [9.17, 15) is 8.42 Å². The van der Waals surface area contributed by atoms with Gasteiger partial charge >= 0.3 is 0 Å². The van der Waals surface area contributed by atoms with Crippen LogP contribution in [-0.4, -0.2) is 69.6 Å². The fourth-order valence-corrected chi connectivity index (χ4v) is 3.57. The first-order valence-electron chi connectivity index (χ1n) is 5.35. The Morgan fingerprint density at radius 1 is 1.19 bits per heavy atom. The largest absolute Gasteiger partial charge is 0.379 e. The van der Waals surface area contributed by atoms with Gasteiger partial charge in [0, 0.05) is 27.2 Å². The van der Waals surface area contributed by atoms with Gasteiger partial charge < -0.3 is 9.47 Å². The molecule has 0 radical (unpaired) electrons. The molecule has 2 fully saturated rings. The summed E-state index contributed by atoms with van der Waals surface area (Å²) in [6, 6.07) is 0. The standard InChI is InChI=1S/C9H18N2O4S/c1-10(2)16(12,13)11-4-6-15-8-9(11)3-5-14-7-9/h3-8H2,1-2H3/t9-/m0/s1. The number of nitrogens with zero attached hydrogens (tertiary/aromatic N) is 2. The minimum absolute atomic E-state index is 0.407. The van der Waals surface area contributed by atoms with Gasteiger partial charge in [0.15, 0.2) is 0 Å². The first-order valence-corrected chi connectivity index (χ1v) is 6.75. The van der Waals surface area contributed by atoms with Crippen LogP contribution < -0.4 is 0 Å². The number of rotatable bonds is 2. The first kappa shape index (κ1) is 12.3. The second-order valence-electron chi connectivity index (χ2n) is 4.44. The molecule has 2 rings (SSSR count). The van der Waals surface area contributed by atoms with E-state index in [-0.39, 0.29) is 0 Å². The molecule has 0 N–H and O–H groups in total. The highest BCUT2D eigenvalue weighted by atomic mass is 32.2. The average molecular weight is 250 g/mol. The van der Waals surface area contributed by atoms with E-state index < -0.39 is 15.7 Å². The Balaban J connectivity index is 2.30. The van der Waals surface area contributed by atoms with Crippen molar-refractivity contribution in [3.8, 4) is 0 Å². The Kier molecular flexibility index (Phi) is 3.24. The van der Waals surface area contributed by atoms with Crippen LogP contribution in [0.5, 0.6) is 0 Å². The van der Waals surface area contributed by atoms with Crippen LogP contribution in [-0.2, 0) is 19.7 Å². The highest BCUT2D eigenvalue weighted by Gasteiger charge is 2.49. The van der Waals surface area contributed by atoms with Gasteiger partial charge in [-0.15, -0.1) is 0 Å². The van der Waals surface area contributed by atoms with Crippen LogP contribution in [0.3, 0.4) is 0 Å². The first-order chi connectivity index (χ1) is 7.49. The lowest BCUT2D eigenvalue weighted by atomic mass is 9.99. The zero-order valence-corrected chi connectivity index (χ0v) is 10.5. The van der Waals surface area contributed by atoms with E-state index in [1.54, 1.807) is 14.1 Å². The molecule has 2 heterocycles. The molecule has 6 nitrogen and oxygen atoms in total. The van der Waals surface area contributed by atoms with E-state index in [0.717, 1.165) is 0 Å². The van der Waals surface area contributed by atoms with Crippen molar-refractivity contribution in [3.05, 3.63) is 0 Å². The monoisotopic (exact) mass is 250 g/mol. The lowest BCUT2D eigenvalue weighted by molar-refractivity contribution is -0.0312. The molecule has 2 aliphatic rings. The summed E-state index contributed by atoms with van der Waals surface area (Å²) in [4.78, 5) is 0. The summed E-state index contributed by atoms with van der Waals surface area (Å²) in [5.41, 5.74) is -0.485. The van der Waals surface area contributed by atoms with Crippen LogP contribution in [0.1, 0.15) is 6.42 Å². The highest BCUT2D eigenvalue weighted by molar-refractivity contribution is 7.86. The SMILES string of the molecule is CN(C)S(=O)(=O)N1CCOC[C@@]12CCOC2. The Bertz CT molecular complexity index is 349. The second kappa shape index (κ2) is 4.23.